The largest absolute Gasteiger partial charge is 0.360 e. The van der Waals surface area contributed by atoms with Crippen LogP contribution in [0.15, 0.2) is 29.2 Å². The van der Waals surface area contributed by atoms with Crippen molar-refractivity contribution in [3.05, 3.63) is 24.3 Å². The Labute approximate surface area is 141 Å². The first-order chi connectivity index (χ1) is 11.2. The monoisotopic (exact) mass is 333 g/mol. The molecule has 23 heavy (non-hydrogen) atoms. The molecule has 0 saturated carbocycles. The van der Waals surface area contributed by atoms with E-state index in [1.165, 1.54) is 4.90 Å². The molecule has 6 heteroatoms. The Morgan fingerprint density at radius 2 is 2.09 bits per heavy atom. The van der Waals surface area contributed by atoms with Crippen LogP contribution in [-0.4, -0.2) is 55.2 Å². The molecule has 0 unspecified atom stereocenters. The van der Waals surface area contributed by atoms with Crippen molar-refractivity contribution in [3.63, 3.8) is 0 Å². The van der Waals surface area contributed by atoms with Crippen molar-refractivity contribution in [1.82, 2.24) is 10.2 Å². The second-order valence-electron chi connectivity index (χ2n) is 5.93. The molecular weight excluding hydrogens is 310 g/mol. The van der Waals surface area contributed by atoms with E-state index >= 15 is 0 Å². The molecular formula is C17H23N3O2S. The van der Waals surface area contributed by atoms with Crippen molar-refractivity contribution in [2.24, 2.45) is 0 Å². The second kappa shape index (κ2) is 7.73. The zero-order valence-corrected chi connectivity index (χ0v) is 14.1. The fourth-order valence-electron chi connectivity index (χ4n) is 3.06. The van der Waals surface area contributed by atoms with E-state index in [4.69, 9.17) is 0 Å². The van der Waals surface area contributed by atoms with Gasteiger partial charge in [-0.3, -0.25) is 9.59 Å². The molecule has 0 atom stereocenters. The Kier molecular flexibility index (Phi) is 5.43. The maximum atomic E-state index is 12.1. The SMILES string of the molecule is O=C(CN1CCSc2ccccc21)NCCCN1CCCC1=O. The third-order valence-corrected chi connectivity index (χ3v) is 5.30. The van der Waals surface area contributed by atoms with Gasteiger partial charge >= 0.3 is 0 Å². The molecule has 3 rings (SSSR count). The molecule has 1 aromatic carbocycles. The van der Waals surface area contributed by atoms with E-state index in [1.807, 2.05) is 28.8 Å². The Balaban J connectivity index is 1.41. The van der Waals surface area contributed by atoms with Gasteiger partial charge in [-0.15, -0.1) is 11.8 Å². The van der Waals surface area contributed by atoms with Gasteiger partial charge < -0.3 is 15.1 Å². The lowest BCUT2D eigenvalue weighted by molar-refractivity contribution is -0.127. The van der Waals surface area contributed by atoms with Gasteiger partial charge in [0.25, 0.3) is 0 Å². The van der Waals surface area contributed by atoms with Gasteiger partial charge in [0.15, 0.2) is 0 Å². The highest BCUT2D eigenvalue weighted by Gasteiger charge is 2.20. The number of hydrogen-bond acceptors (Lipinski definition) is 4. The van der Waals surface area contributed by atoms with Crippen LogP contribution in [0.25, 0.3) is 0 Å². The van der Waals surface area contributed by atoms with Gasteiger partial charge in [0.2, 0.25) is 11.8 Å². The first kappa shape index (κ1) is 16.2. The number of rotatable bonds is 6. The Morgan fingerprint density at radius 3 is 2.91 bits per heavy atom. The molecule has 1 N–H and O–H groups in total. The van der Waals surface area contributed by atoms with Crippen molar-refractivity contribution in [1.29, 1.82) is 0 Å². The second-order valence-corrected chi connectivity index (χ2v) is 7.06. The molecule has 0 aliphatic carbocycles. The number of para-hydroxylation sites is 1. The highest BCUT2D eigenvalue weighted by atomic mass is 32.2. The van der Waals surface area contributed by atoms with Gasteiger partial charge in [0.1, 0.15) is 0 Å². The smallest absolute Gasteiger partial charge is 0.239 e. The van der Waals surface area contributed by atoms with Gasteiger partial charge in [-0.25, -0.2) is 0 Å². The minimum Gasteiger partial charge on any atom is -0.360 e. The number of anilines is 1. The van der Waals surface area contributed by atoms with Crippen LogP contribution in [0.2, 0.25) is 0 Å². The number of carbonyl (C=O) groups is 2. The van der Waals surface area contributed by atoms with E-state index in [1.54, 1.807) is 0 Å². The third kappa shape index (κ3) is 4.19. The molecule has 1 aromatic rings. The summed E-state index contributed by atoms with van der Waals surface area (Å²) in [6, 6.07) is 8.24. The number of amides is 2. The van der Waals surface area contributed by atoms with Crippen LogP contribution in [0, 0.1) is 0 Å². The van der Waals surface area contributed by atoms with Crippen molar-refractivity contribution >= 4 is 29.3 Å². The molecule has 0 spiro atoms. The Bertz CT molecular complexity index is 579. The fourth-order valence-corrected chi connectivity index (χ4v) is 4.11. The first-order valence-electron chi connectivity index (χ1n) is 8.25. The fraction of sp³-hybridized carbons (Fsp3) is 0.529. The quantitative estimate of drug-likeness (QED) is 0.806. The van der Waals surface area contributed by atoms with Crippen molar-refractivity contribution in [2.45, 2.75) is 24.2 Å². The predicted molar refractivity (Wildman–Crippen MR) is 92.8 cm³/mol. The Morgan fingerprint density at radius 1 is 1.22 bits per heavy atom. The molecule has 5 nitrogen and oxygen atoms in total. The highest BCUT2D eigenvalue weighted by molar-refractivity contribution is 7.99. The summed E-state index contributed by atoms with van der Waals surface area (Å²) in [6.45, 7) is 3.56. The van der Waals surface area contributed by atoms with Crippen LogP contribution in [0.5, 0.6) is 0 Å². The minimum atomic E-state index is 0.0550. The standard InChI is InChI=1S/C17H23N3O2S/c21-16(18-8-4-10-19-9-3-7-17(19)22)13-20-11-12-23-15-6-2-1-5-14(15)20/h1-2,5-6H,3-4,7-13H2,(H,18,21). The van der Waals surface area contributed by atoms with Crippen molar-refractivity contribution in [3.8, 4) is 0 Å². The maximum Gasteiger partial charge on any atom is 0.239 e. The summed E-state index contributed by atoms with van der Waals surface area (Å²) in [5.41, 5.74) is 1.15. The highest BCUT2D eigenvalue weighted by Crippen LogP contribution is 2.33. The van der Waals surface area contributed by atoms with Crippen molar-refractivity contribution < 1.29 is 9.59 Å². The van der Waals surface area contributed by atoms with Gasteiger partial charge in [-0.05, 0) is 25.0 Å². The van der Waals surface area contributed by atoms with E-state index in [2.05, 4.69) is 22.3 Å². The van der Waals surface area contributed by atoms with Gasteiger partial charge in [-0.2, -0.15) is 0 Å². The van der Waals surface area contributed by atoms with Crippen LogP contribution < -0.4 is 10.2 Å². The molecule has 2 aliphatic heterocycles. The van der Waals surface area contributed by atoms with Gasteiger partial charge in [-0.1, -0.05) is 12.1 Å². The summed E-state index contributed by atoms with van der Waals surface area (Å²) in [6.07, 6.45) is 2.47. The maximum absolute atomic E-state index is 12.1. The third-order valence-electron chi connectivity index (χ3n) is 4.26. The minimum absolute atomic E-state index is 0.0550. The lowest BCUT2D eigenvalue weighted by atomic mass is 10.2. The van der Waals surface area contributed by atoms with E-state index in [9.17, 15) is 9.59 Å². The predicted octanol–water partition coefficient (Wildman–Crippen LogP) is 1.73. The average molecular weight is 333 g/mol. The lowest BCUT2D eigenvalue weighted by Crippen LogP contribution is -2.40. The number of fused-ring (bicyclic) bond motifs is 1. The topological polar surface area (TPSA) is 52.7 Å². The molecule has 2 heterocycles. The number of benzene rings is 1. The summed E-state index contributed by atoms with van der Waals surface area (Å²) in [5, 5.41) is 2.97. The van der Waals surface area contributed by atoms with Crippen LogP contribution in [0.1, 0.15) is 19.3 Å². The zero-order valence-electron chi connectivity index (χ0n) is 13.3. The molecule has 0 radical (unpaired) electrons. The zero-order chi connectivity index (χ0) is 16.1. The molecule has 0 aromatic heterocycles. The average Bonchev–Trinajstić information content (AvgIpc) is 2.97. The molecule has 2 aliphatic rings. The van der Waals surface area contributed by atoms with Crippen LogP contribution >= 0.6 is 11.8 Å². The van der Waals surface area contributed by atoms with Gasteiger partial charge in [0.05, 0.1) is 12.2 Å². The van der Waals surface area contributed by atoms with Crippen molar-refractivity contribution in [2.75, 3.05) is 43.4 Å². The lowest BCUT2D eigenvalue weighted by Gasteiger charge is -2.30. The first-order valence-corrected chi connectivity index (χ1v) is 9.24. The number of nitrogens with one attached hydrogen (secondary N) is 1. The Hall–Kier alpha value is -1.69. The number of carbonyl (C=O) groups excluding carboxylic acids is 2. The number of likely N-dealkylation sites (tertiary alicyclic amines) is 1. The number of nitrogens with zero attached hydrogens (tertiary/aromatic N) is 2. The molecule has 0 bridgehead atoms. The van der Waals surface area contributed by atoms with E-state index < -0.39 is 0 Å². The molecule has 124 valence electrons. The number of hydrogen-bond donors (Lipinski definition) is 1. The molecule has 1 saturated heterocycles. The number of thioether (sulfide) groups is 1. The van der Waals surface area contributed by atoms with Crippen LogP contribution in [0.4, 0.5) is 5.69 Å². The summed E-state index contributed by atoms with van der Waals surface area (Å²) < 4.78 is 0. The van der Waals surface area contributed by atoms with Crippen LogP contribution in [0.3, 0.4) is 0 Å². The summed E-state index contributed by atoms with van der Waals surface area (Å²) in [5.74, 6) is 1.32. The van der Waals surface area contributed by atoms with Crippen LogP contribution in [-0.2, 0) is 9.59 Å². The normalized spacial score (nSPS) is 17.3. The van der Waals surface area contributed by atoms with Gasteiger partial charge in [0, 0.05) is 43.2 Å². The summed E-state index contributed by atoms with van der Waals surface area (Å²) >= 11 is 1.84. The molecule has 1 fully saturated rings. The van der Waals surface area contributed by atoms with E-state index in [0.29, 0.717) is 19.5 Å². The summed E-state index contributed by atoms with van der Waals surface area (Å²) in [4.78, 5) is 28.9. The molecule has 2 amide bonds. The summed E-state index contributed by atoms with van der Waals surface area (Å²) in [7, 11) is 0. The van der Waals surface area contributed by atoms with E-state index in [-0.39, 0.29) is 11.8 Å². The van der Waals surface area contributed by atoms with E-state index in [0.717, 1.165) is 43.9 Å².